The number of halogens is 1. The Bertz CT molecular complexity index is 1100. The van der Waals surface area contributed by atoms with Gasteiger partial charge in [0.2, 0.25) is 5.88 Å². The summed E-state index contributed by atoms with van der Waals surface area (Å²) >= 11 is 0. The predicted molar refractivity (Wildman–Crippen MR) is 100 cm³/mol. The zero-order valence-corrected chi connectivity index (χ0v) is 15.1. The van der Waals surface area contributed by atoms with Crippen LogP contribution < -0.4 is 14.4 Å². The van der Waals surface area contributed by atoms with Crippen LogP contribution in [0.3, 0.4) is 0 Å². The average Bonchev–Trinajstić information content (AvgIpc) is 2.98. The van der Waals surface area contributed by atoms with Crippen LogP contribution in [0.15, 0.2) is 54.6 Å². The fourth-order valence-electron chi connectivity index (χ4n) is 3.14. The first kappa shape index (κ1) is 17.7. The maximum Gasteiger partial charge on any atom is 0.268 e. The second-order valence-electron chi connectivity index (χ2n) is 6.09. The maximum atomic E-state index is 13.3. The van der Waals surface area contributed by atoms with E-state index in [4.69, 9.17) is 9.47 Å². The van der Waals surface area contributed by atoms with E-state index in [-0.39, 0.29) is 22.7 Å². The number of carbonyl (C=O) groups excluding carboxylic acids is 2. The van der Waals surface area contributed by atoms with Crippen molar-refractivity contribution in [2.45, 2.75) is 0 Å². The molecule has 0 atom stereocenters. The second-order valence-corrected chi connectivity index (χ2v) is 6.09. The molecule has 2 amide bonds. The van der Waals surface area contributed by atoms with Gasteiger partial charge in [0.15, 0.2) is 0 Å². The Morgan fingerprint density at radius 1 is 0.929 bits per heavy atom. The van der Waals surface area contributed by atoms with Crippen LogP contribution in [0.2, 0.25) is 0 Å². The topological polar surface area (TPSA) is 68.7 Å². The number of carbonyl (C=O) groups is 2. The highest BCUT2D eigenvalue weighted by molar-refractivity contribution is 6.36. The molecule has 0 fully saturated rings. The van der Waals surface area contributed by atoms with E-state index in [1.807, 2.05) is 0 Å². The smallest absolute Gasteiger partial charge is 0.268 e. The van der Waals surface area contributed by atoms with Crippen molar-refractivity contribution < 1.29 is 23.5 Å². The van der Waals surface area contributed by atoms with Crippen LogP contribution in [0.4, 0.5) is 10.1 Å². The van der Waals surface area contributed by atoms with Gasteiger partial charge in [0.25, 0.3) is 11.8 Å². The molecule has 6 nitrogen and oxygen atoms in total. The average molecular weight is 378 g/mol. The Labute approximate surface area is 160 Å². The number of hydrogen-bond donors (Lipinski definition) is 0. The minimum atomic E-state index is -0.528. The number of fused-ring (bicyclic) bond motifs is 1. The van der Waals surface area contributed by atoms with Crippen LogP contribution in [0.5, 0.6) is 11.6 Å². The number of amides is 2. The van der Waals surface area contributed by atoms with Crippen molar-refractivity contribution in [1.82, 2.24) is 4.98 Å². The first-order valence-corrected chi connectivity index (χ1v) is 8.41. The molecule has 140 valence electrons. The molecule has 0 saturated heterocycles. The fourth-order valence-corrected chi connectivity index (χ4v) is 3.14. The quantitative estimate of drug-likeness (QED) is 0.648. The summed E-state index contributed by atoms with van der Waals surface area (Å²) in [6, 6.07) is 13.6. The number of methoxy groups -OCH3 is 2. The molecule has 0 bridgehead atoms. The molecule has 0 radical (unpaired) electrons. The van der Waals surface area contributed by atoms with Crippen molar-refractivity contribution in [2.75, 3.05) is 19.1 Å². The highest BCUT2D eigenvalue weighted by Gasteiger charge is 2.40. The summed E-state index contributed by atoms with van der Waals surface area (Å²) in [5, 5.41) is 0. The molecule has 0 unspecified atom stereocenters. The fraction of sp³-hybridized carbons (Fsp3) is 0.0952. The van der Waals surface area contributed by atoms with E-state index in [1.54, 1.807) is 24.3 Å². The van der Waals surface area contributed by atoms with Gasteiger partial charge < -0.3 is 9.47 Å². The number of ether oxygens (including phenoxy) is 2. The van der Waals surface area contributed by atoms with Gasteiger partial charge >= 0.3 is 0 Å². The number of nitrogens with zero attached hydrogens (tertiary/aromatic N) is 2. The van der Waals surface area contributed by atoms with E-state index in [1.165, 1.54) is 44.6 Å². The Hall–Kier alpha value is -3.74. The Balaban J connectivity index is 1.90. The maximum absolute atomic E-state index is 13.3. The van der Waals surface area contributed by atoms with Gasteiger partial charge in [0.1, 0.15) is 11.6 Å². The highest BCUT2D eigenvalue weighted by Crippen LogP contribution is 2.37. The van der Waals surface area contributed by atoms with E-state index >= 15 is 0 Å². The third kappa shape index (κ3) is 2.77. The number of anilines is 1. The minimum absolute atomic E-state index is 0.170. The monoisotopic (exact) mass is 378 g/mol. The molecular formula is C21H15FN2O4. The van der Waals surface area contributed by atoms with Crippen molar-refractivity contribution in [3.8, 4) is 22.9 Å². The molecule has 0 saturated carbocycles. The molecule has 2 heterocycles. The van der Waals surface area contributed by atoms with Crippen LogP contribution in [0.1, 0.15) is 20.7 Å². The molecule has 0 N–H and O–H groups in total. The second kappa shape index (κ2) is 6.77. The number of hydrogen-bond acceptors (Lipinski definition) is 5. The summed E-state index contributed by atoms with van der Waals surface area (Å²) in [5.41, 5.74) is 1.55. The lowest BCUT2D eigenvalue weighted by atomic mass is 10.0. The van der Waals surface area contributed by atoms with Crippen molar-refractivity contribution in [2.24, 2.45) is 0 Å². The summed E-state index contributed by atoms with van der Waals surface area (Å²) in [5.74, 6) is -0.710. The third-order valence-corrected chi connectivity index (χ3v) is 4.48. The highest BCUT2D eigenvalue weighted by atomic mass is 19.1. The zero-order valence-electron chi connectivity index (χ0n) is 15.1. The lowest BCUT2D eigenvalue weighted by molar-refractivity contribution is 0.0926. The largest absolute Gasteiger partial charge is 0.497 e. The van der Waals surface area contributed by atoms with Crippen LogP contribution >= 0.6 is 0 Å². The number of benzene rings is 2. The molecular weight excluding hydrogens is 363 g/mol. The minimum Gasteiger partial charge on any atom is -0.497 e. The normalized spacial score (nSPS) is 12.9. The van der Waals surface area contributed by atoms with Crippen molar-refractivity contribution in [1.29, 1.82) is 0 Å². The number of imide groups is 1. The van der Waals surface area contributed by atoms with Crippen molar-refractivity contribution >= 4 is 17.5 Å². The first-order valence-electron chi connectivity index (χ1n) is 8.41. The molecule has 7 heteroatoms. The third-order valence-electron chi connectivity index (χ3n) is 4.48. The van der Waals surface area contributed by atoms with E-state index in [0.717, 1.165) is 4.90 Å². The molecule has 1 aromatic heterocycles. The number of pyridine rings is 1. The van der Waals surface area contributed by atoms with Gasteiger partial charge in [-0.1, -0.05) is 12.1 Å². The van der Waals surface area contributed by atoms with Crippen LogP contribution in [0.25, 0.3) is 11.3 Å². The van der Waals surface area contributed by atoms with Gasteiger partial charge in [0.05, 0.1) is 36.7 Å². The van der Waals surface area contributed by atoms with Gasteiger partial charge in [0, 0.05) is 11.6 Å². The summed E-state index contributed by atoms with van der Waals surface area (Å²) in [6.45, 7) is 0. The first-order chi connectivity index (χ1) is 13.5. The zero-order chi connectivity index (χ0) is 19.8. The number of rotatable bonds is 4. The summed E-state index contributed by atoms with van der Waals surface area (Å²) in [4.78, 5) is 31.5. The van der Waals surface area contributed by atoms with E-state index < -0.39 is 17.6 Å². The Morgan fingerprint density at radius 3 is 2.36 bits per heavy atom. The van der Waals surface area contributed by atoms with Crippen molar-refractivity contribution in [3.63, 3.8) is 0 Å². The van der Waals surface area contributed by atoms with Gasteiger partial charge in [-0.3, -0.25) is 9.59 Å². The molecule has 1 aliphatic heterocycles. The van der Waals surface area contributed by atoms with Crippen LogP contribution in [0, 0.1) is 5.82 Å². The van der Waals surface area contributed by atoms with Gasteiger partial charge in [-0.2, -0.15) is 0 Å². The SMILES string of the molecule is COc1cccc(-c2nc(OC)cc3c2C(=O)N(c2ccc(F)cc2)C3=O)c1. The summed E-state index contributed by atoms with van der Waals surface area (Å²) < 4.78 is 23.7. The van der Waals surface area contributed by atoms with E-state index in [2.05, 4.69) is 4.98 Å². The molecule has 28 heavy (non-hydrogen) atoms. The van der Waals surface area contributed by atoms with Crippen LogP contribution in [-0.2, 0) is 0 Å². The molecule has 4 rings (SSSR count). The number of aromatic nitrogens is 1. The Morgan fingerprint density at radius 2 is 1.68 bits per heavy atom. The molecule has 1 aliphatic rings. The van der Waals surface area contributed by atoms with Gasteiger partial charge in [-0.25, -0.2) is 14.3 Å². The summed E-state index contributed by atoms with van der Waals surface area (Å²) in [7, 11) is 2.97. The lowest BCUT2D eigenvalue weighted by Crippen LogP contribution is -2.29. The predicted octanol–water partition coefficient (Wildman–Crippen LogP) is 3.71. The Kier molecular flexibility index (Phi) is 4.27. The lowest BCUT2D eigenvalue weighted by Gasteiger charge is -2.13. The standard InChI is InChI=1S/C21H15FN2O4/c1-27-15-5-3-4-12(10-15)19-18-16(11-17(23-19)28-2)20(25)24(21(18)26)14-8-6-13(22)7-9-14/h3-11H,1-2H3. The van der Waals surface area contributed by atoms with Gasteiger partial charge in [-0.15, -0.1) is 0 Å². The summed E-state index contributed by atoms with van der Waals surface area (Å²) in [6.07, 6.45) is 0. The molecule has 2 aromatic carbocycles. The van der Waals surface area contributed by atoms with E-state index in [0.29, 0.717) is 17.0 Å². The molecule has 0 aliphatic carbocycles. The molecule has 3 aromatic rings. The van der Waals surface area contributed by atoms with Gasteiger partial charge in [-0.05, 0) is 36.4 Å². The van der Waals surface area contributed by atoms with Crippen LogP contribution in [-0.4, -0.2) is 31.0 Å². The van der Waals surface area contributed by atoms with E-state index in [9.17, 15) is 14.0 Å². The molecule has 0 spiro atoms. The van der Waals surface area contributed by atoms with Crippen molar-refractivity contribution in [3.05, 3.63) is 71.5 Å².